The first-order valence-corrected chi connectivity index (χ1v) is 11.0. The van der Waals surface area contributed by atoms with Crippen molar-refractivity contribution in [3.63, 3.8) is 0 Å². The second-order valence-electron chi connectivity index (χ2n) is 8.83. The molecule has 0 aromatic carbocycles. The molecule has 3 unspecified atom stereocenters. The van der Waals surface area contributed by atoms with Gasteiger partial charge in [0.15, 0.2) is 17.3 Å². The molecule has 2 bridgehead atoms. The van der Waals surface area contributed by atoms with E-state index in [1.54, 1.807) is 10.9 Å². The van der Waals surface area contributed by atoms with Gasteiger partial charge in [-0.25, -0.2) is 4.98 Å². The number of hydrogen-bond donors (Lipinski definition) is 2. The lowest BCUT2D eigenvalue weighted by Crippen LogP contribution is -2.45. The van der Waals surface area contributed by atoms with Crippen molar-refractivity contribution in [2.45, 2.75) is 44.9 Å². The van der Waals surface area contributed by atoms with Crippen LogP contribution in [-0.4, -0.2) is 76.1 Å². The predicted octanol–water partition coefficient (Wildman–Crippen LogP) is 1.63. The van der Waals surface area contributed by atoms with Crippen LogP contribution in [0.3, 0.4) is 0 Å². The van der Waals surface area contributed by atoms with Gasteiger partial charge < -0.3 is 25.0 Å². The number of anilines is 3. The molecule has 6 rings (SSSR count). The highest BCUT2D eigenvalue weighted by Gasteiger charge is 2.37. The van der Waals surface area contributed by atoms with Crippen LogP contribution in [0.2, 0.25) is 0 Å². The van der Waals surface area contributed by atoms with E-state index in [4.69, 9.17) is 20.2 Å². The summed E-state index contributed by atoms with van der Waals surface area (Å²) in [5.41, 5.74) is 9.51. The predicted molar refractivity (Wildman–Crippen MR) is 118 cm³/mol. The van der Waals surface area contributed by atoms with E-state index in [1.165, 1.54) is 0 Å². The summed E-state index contributed by atoms with van der Waals surface area (Å²) in [6.45, 7) is 8.26. The SMILES string of the molecule is Cc1c(N2CCOCC2C)nc2c(c(N)nn2-c2ccn[nH]2)c1N1CC2CCC(C1)O2. The monoisotopic (exact) mass is 424 g/mol. The Labute approximate surface area is 180 Å². The van der Waals surface area contributed by atoms with E-state index in [2.05, 4.69) is 38.9 Å². The largest absolute Gasteiger partial charge is 0.382 e. The number of aromatic amines is 1. The zero-order valence-electron chi connectivity index (χ0n) is 17.9. The molecule has 6 heterocycles. The van der Waals surface area contributed by atoms with Crippen molar-refractivity contribution < 1.29 is 9.47 Å². The second-order valence-corrected chi connectivity index (χ2v) is 8.83. The summed E-state index contributed by atoms with van der Waals surface area (Å²) in [7, 11) is 0. The molecule has 10 nitrogen and oxygen atoms in total. The Hall–Kier alpha value is -2.85. The van der Waals surface area contributed by atoms with E-state index in [-0.39, 0.29) is 18.2 Å². The third kappa shape index (κ3) is 2.96. The Morgan fingerprint density at radius 1 is 1.23 bits per heavy atom. The normalized spacial score (nSPS) is 26.2. The van der Waals surface area contributed by atoms with E-state index >= 15 is 0 Å². The van der Waals surface area contributed by atoms with Gasteiger partial charge in [-0.15, -0.1) is 5.10 Å². The maximum Gasteiger partial charge on any atom is 0.171 e. The van der Waals surface area contributed by atoms with E-state index in [0.717, 1.165) is 66.4 Å². The molecule has 0 spiro atoms. The average molecular weight is 425 g/mol. The fraction of sp³-hybridized carbons (Fsp3) is 0.571. The fourth-order valence-corrected chi connectivity index (χ4v) is 5.28. The molecule has 3 aromatic heterocycles. The van der Waals surface area contributed by atoms with Gasteiger partial charge >= 0.3 is 0 Å². The zero-order valence-corrected chi connectivity index (χ0v) is 17.9. The fourth-order valence-electron chi connectivity index (χ4n) is 5.28. The number of pyridine rings is 1. The van der Waals surface area contributed by atoms with Gasteiger partial charge in [0.05, 0.1) is 48.7 Å². The molecule has 10 heteroatoms. The number of nitrogens with zero attached hydrogens (tertiary/aromatic N) is 6. The molecule has 3 atom stereocenters. The Morgan fingerprint density at radius 2 is 2.03 bits per heavy atom. The van der Waals surface area contributed by atoms with Crippen molar-refractivity contribution in [1.82, 2.24) is 25.0 Å². The zero-order chi connectivity index (χ0) is 21.1. The Kier molecular flexibility index (Phi) is 4.32. The van der Waals surface area contributed by atoms with Gasteiger partial charge in [0, 0.05) is 31.3 Å². The van der Waals surface area contributed by atoms with Crippen LogP contribution in [0.4, 0.5) is 17.3 Å². The van der Waals surface area contributed by atoms with Crippen LogP contribution < -0.4 is 15.5 Å². The molecule has 0 radical (unpaired) electrons. The Balaban J connectivity index is 1.58. The summed E-state index contributed by atoms with van der Waals surface area (Å²) < 4.78 is 13.6. The van der Waals surface area contributed by atoms with Crippen LogP contribution >= 0.6 is 0 Å². The lowest BCUT2D eigenvalue weighted by atomic mass is 10.1. The van der Waals surface area contributed by atoms with Gasteiger partial charge in [0.25, 0.3) is 0 Å². The van der Waals surface area contributed by atoms with Crippen molar-refractivity contribution in [2.24, 2.45) is 0 Å². The Bertz CT molecular complexity index is 1100. The maximum atomic E-state index is 6.50. The number of fused-ring (bicyclic) bond motifs is 3. The minimum Gasteiger partial charge on any atom is -0.382 e. The number of hydrogen-bond acceptors (Lipinski definition) is 8. The Morgan fingerprint density at radius 3 is 2.74 bits per heavy atom. The van der Waals surface area contributed by atoms with Crippen molar-refractivity contribution in [1.29, 1.82) is 0 Å². The van der Waals surface area contributed by atoms with Crippen molar-refractivity contribution in [2.75, 3.05) is 48.4 Å². The average Bonchev–Trinajstić information content (AvgIpc) is 3.48. The highest BCUT2D eigenvalue weighted by Crippen LogP contribution is 2.42. The van der Waals surface area contributed by atoms with Crippen molar-refractivity contribution in [3.8, 4) is 5.82 Å². The second kappa shape index (κ2) is 7.10. The number of nitrogens with one attached hydrogen (secondary N) is 1. The molecule has 0 saturated carbocycles. The highest BCUT2D eigenvalue weighted by molar-refractivity contribution is 6.02. The molecule has 0 amide bonds. The summed E-state index contributed by atoms with van der Waals surface area (Å²) in [4.78, 5) is 9.90. The molecule has 164 valence electrons. The van der Waals surface area contributed by atoms with Gasteiger partial charge in [-0.1, -0.05) is 0 Å². The van der Waals surface area contributed by atoms with Crippen LogP contribution in [-0.2, 0) is 9.47 Å². The molecule has 3 N–H and O–H groups in total. The quantitative estimate of drug-likeness (QED) is 0.653. The van der Waals surface area contributed by atoms with Gasteiger partial charge in [0.1, 0.15) is 5.82 Å². The van der Waals surface area contributed by atoms with Gasteiger partial charge in [-0.05, 0) is 26.7 Å². The first-order chi connectivity index (χ1) is 15.1. The minimum atomic E-state index is 0.243. The first kappa shape index (κ1) is 18.9. The molecular weight excluding hydrogens is 396 g/mol. The number of nitrogen functional groups attached to an aromatic ring is 1. The van der Waals surface area contributed by atoms with Crippen LogP contribution in [0.25, 0.3) is 16.9 Å². The molecule has 3 fully saturated rings. The van der Waals surface area contributed by atoms with E-state index < -0.39 is 0 Å². The van der Waals surface area contributed by atoms with Crippen LogP contribution in [0.15, 0.2) is 12.3 Å². The number of ether oxygens (including phenoxy) is 2. The number of H-pyrrole nitrogens is 1. The summed E-state index contributed by atoms with van der Waals surface area (Å²) in [6, 6.07) is 2.12. The smallest absolute Gasteiger partial charge is 0.171 e. The molecule has 3 aliphatic heterocycles. The minimum absolute atomic E-state index is 0.243. The third-order valence-corrected chi connectivity index (χ3v) is 6.74. The van der Waals surface area contributed by atoms with Gasteiger partial charge in [-0.3, -0.25) is 5.10 Å². The van der Waals surface area contributed by atoms with E-state index in [0.29, 0.717) is 19.0 Å². The summed E-state index contributed by atoms with van der Waals surface area (Å²) in [6.07, 6.45) is 4.49. The third-order valence-electron chi connectivity index (χ3n) is 6.74. The summed E-state index contributed by atoms with van der Waals surface area (Å²) in [5.74, 6) is 2.19. The van der Waals surface area contributed by atoms with E-state index in [1.807, 2.05) is 6.07 Å². The lowest BCUT2D eigenvalue weighted by Gasteiger charge is -2.38. The molecule has 3 aliphatic rings. The maximum absolute atomic E-state index is 6.50. The molecule has 3 saturated heterocycles. The van der Waals surface area contributed by atoms with E-state index in [9.17, 15) is 0 Å². The van der Waals surface area contributed by atoms with Crippen molar-refractivity contribution in [3.05, 3.63) is 17.8 Å². The first-order valence-electron chi connectivity index (χ1n) is 11.0. The number of morpholine rings is 2. The number of nitrogens with two attached hydrogens (primary N) is 1. The highest BCUT2D eigenvalue weighted by atomic mass is 16.5. The topological polar surface area (TPSA) is 110 Å². The van der Waals surface area contributed by atoms with Crippen molar-refractivity contribution >= 4 is 28.4 Å². The van der Waals surface area contributed by atoms with Gasteiger partial charge in [0.2, 0.25) is 0 Å². The molecular formula is C21H28N8O2. The van der Waals surface area contributed by atoms with Crippen LogP contribution in [0.5, 0.6) is 0 Å². The molecule has 31 heavy (non-hydrogen) atoms. The summed E-state index contributed by atoms with van der Waals surface area (Å²) >= 11 is 0. The summed E-state index contributed by atoms with van der Waals surface area (Å²) in [5, 5.41) is 12.6. The standard InChI is InChI=1S/C21H28N8O2/c1-12-11-30-8-7-28(12)20-13(2)18(27-9-14-3-4-15(10-27)31-14)17-19(22)26-29(21(17)24-20)16-5-6-23-25-16/h5-6,12,14-15H,3-4,7-11H2,1-2H3,(H2,22,26)(H,23,25). The van der Waals surface area contributed by atoms with Crippen LogP contribution in [0.1, 0.15) is 25.3 Å². The number of aromatic nitrogens is 5. The number of rotatable bonds is 3. The van der Waals surface area contributed by atoms with Gasteiger partial charge in [-0.2, -0.15) is 9.78 Å². The molecule has 3 aromatic rings. The van der Waals surface area contributed by atoms with Crippen LogP contribution in [0, 0.1) is 6.92 Å². The molecule has 0 aliphatic carbocycles. The lowest BCUT2D eigenvalue weighted by molar-refractivity contribution is 0.0305.